The van der Waals surface area contributed by atoms with Crippen LogP contribution >= 0.6 is 12.2 Å². The Hall–Kier alpha value is -3.04. The van der Waals surface area contributed by atoms with E-state index in [2.05, 4.69) is 15.5 Å². The first kappa shape index (κ1) is 21.7. The van der Waals surface area contributed by atoms with Crippen LogP contribution in [0.15, 0.2) is 42.5 Å². The Morgan fingerprint density at radius 2 is 1.87 bits per heavy atom. The van der Waals surface area contributed by atoms with E-state index in [1.54, 1.807) is 0 Å². The molecule has 0 unspecified atom stereocenters. The van der Waals surface area contributed by atoms with Gasteiger partial charge in [-0.05, 0) is 68.0 Å². The second-order valence-corrected chi connectivity index (χ2v) is 7.49. The fourth-order valence-corrected chi connectivity index (χ4v) is 3.59. The molecule has 0 spiro atoms. The Bertz CT molecular complexity index is 927. The lowest BCUT2D eigenvalue weighted by molar-refractivity contribution is -0.385. The second-order valence-electron chi connectivity index (χ2n) is 7.09. The SMILES string of the molecule is COc1ccc(C(=O)NC(=S)Nc2ccc(CN3CCCCC3)cc2)cc1[N+](=O)[O-]. The van der Waals surface area contributed by atoms with Gasteiger partial charge in [0.15, 0.2) is 10.9 Å². The predicted octanol–water partition coefficient (Wildman–Crippen LogP) is 3.72. The van der Waals surface area contributed by atoms with Gasteiger partial charge in [0.1, 0.15) is 0 Å². The summed E-state index contributed by atoms with van der Waals surface area (Å²) < 4.78 is 4.94. The van der Waals surface area contributed by atoms with E-state index < -0.39 is 10.8 Å². The monoisotopic (exact) mass is 428 g/mol. The Labute approximate surface area is 180 Å². The highest BCUT2D eigenvalue weighted by atomic mass is 32.1. The van der Waals surface area contributed by atoms with Crippen molar-refractivity contribution in [3.8, 4) is 5.75 Å². The first-order chi connectivity index (χ1) is 14.5. The predicted molar refractivity (Wildman–Crippen MR) is 119 cm³/mol. The first-order valence-corrected chi connectivity index (χ1v) is 10.1. The van der Waals surface area contributed by atoms with Crippen molar-refractivity contribution in [3.63, 3.8) is 0 Å². The molecule has 0 bridgehead atoms. The van der Waals surface area contributed by atoms with Gasteiger partial charge >= 0.3 is 5.69 Å². The van der Waals surface area contributed by atoms with Gasteiger partial charge in [-0.1, -0.05) is 18.6 Å². The Balaban J connectivity index is 1.56. The van der Waals surface area contributed by atoms with Crippen LogP contribution in [0.1, 0.15) is 35.2 Å². The maximum absolute atomic E-state index is 12.4. The molecule has 1 fully saturated rings. The average molecular weight is 429 g/mol. The van der Waals surface area contributed by atoms with Gasteiger partial charge in [0.05, 0.1) is 12.0 Å². The molecule has 2 N–H and O–H groups in total. The van der Waals surface area contributed by atoms with Gasteiger partial charge in [0, 0.05) is 23.9 Å². The number of carbonyl (C=O) groups is 1. The number of nitrogens with one attached hydrogen (secondary N) is 2. The number of anilines is 1. The molecule has 0 radical (unpaired) electrons. The van der Waals surface area contributed by atoms with Crippen molar-refractivity contribution in [1.29, 1.82) is 0 Å². The van der Waals surface area contributed by atoms with Crippen molar-refractivity contribution in [3.05, 3.63) is 63.7 Å². The molecular weight excluding hydrogens is 404 g/mol. The zero-order valence-electron chi connectivity index (χ0n) is 16.7. The molecule has 1 aliphatic heterocycles. The Morgan fingerprint density at radius 3 is 2.50 bits per heavy atom. The van der Waals surface area contributed by atoms with E-state index in [1.165, 1.54) is 44.1 Å². The zero-order valence-corrected chi connectivity index (χ0v) is 17.5. The maximum atomic E-state index is 12.4. The summed E-state index contributed by atoms with van der Waals surface area (Å²) in [5.74, 6) is -0.457. The van der Waals surface area contributed by atoms with Crippen LogP contribution in [0.2, 0.25) is 0 Å². The van der Waals surface area contributed by atoms with Gasteiger partial charge < -0.3 is 10.1 Å². The van der Waals surface area contributed by atoms with Crippen LogP contribution in [0.25, 0.3) is 0 Å². The smallest absolute Gasteiger partial charge is 0.311 e. The molecule has 3 rings (SSSR count). The Morgan fingerprint density at radius 1 is 1.17 bits per heavy atom. The Kier molecular flexibility index (Phi) is 7.31. The number of methoxy groups -OCH3 is 1. The van der Waals surface area contributed by atoms with Crippen molar-refractivity contribution in [2.75, 3.05) is 25.5 Å². The highest BCUT2D eigenvalue weighted by molar-refractivity contribution is 7.80. The zero-order chi connectivity index (χ0) is 21.5. The van der Waals surface area contributed by atoms with Gasteiger partial charge in [-0.2, -0.15) is 0 Å². The third kappa shape index (κ3) is 5.74. The molecule has 1 saturated heterocycles. The van der Waals surface area contributed by atoms with E-state index in [-0.39, 0.29) is 22.1 Å². The fourth-order valence-electron chi connectivity index (χ4n) is 3.38. The lowest BCUT2D eigenvalue weighted by atomic mass is 10.1. The van der Waals surface area contributed by atoms with Crippen molar-refractivity contribution in [2.45, 2.75) is 25.8 Å². The van der Waals surface area contributed by atoms with Crippen LogP contribution in [-0.4, -0.2) is 41.0 Å². The third-order valence-electron chi connectivity index (χ3n) is 4.93. The minimum Gasteiger partial charge on any atom is -0.490 e. The largest absolute Gasteiger partial charge is 0.490 e. The summed E-state index contributed by atoms with van der Waals surface area (Å²) in [6.07, 6.45) is 3.82. The van der Waals surface area contributed by atoms with Crippen molar-refractivity contribution in [2.24, 2.45) is 0 Å². The number of carbonyl (C=O) groups excluding carboxylic acids is 1. The molecule has 0 aromatic heterocycles. The molecule has 2 aromatic carbocycles. The summed E-state index contributed by atoms with van der Waals surface area (Å²) in [6, 6.07) is 11.9. The number of ether oxygens (including phenoxy) is 1. The standard InChI is InChI=1S/C21H24N4O4S/c1-29-19-10-7-16(13-18(19)25(27)28)20(26)23-21(30)22-17-8-5-15(6-9-17)14-24-11-3-2-4-12-24/h5-10,13H,2-4,11-12,14H2,1H3,(H2,22,23,26,30). The number of nitro benzene ring substituents is 1. The van der Waals surface area contributed by atoms with Gasteiger partial charge in [0.25, 0.3) is 5.91 Å². The molecule has 30 heavy (non-hydrogen) atoms. The summed E-state index contributed by atoms with van der Waals surface area (Å²) in [4.78, 5) is 25.4. The highest BCUT2D eigenvalue weighted by Crippen LogP contribution is 2.27. The van der Waals surface area contributed by atoms with Crippen LogP contribution in [0.3, 0.4) is 0 Å². The normalized spacial score (nSPS) is 14.0. The number of hydrogen-bond donors (Lipinski definition) is 2. The van der Waals surface area contributed by atoms with Crippen LogP contribution in [0.5, 0.6) is 5.75 Å². The summed E-state index contributed by atoms with van der Waals surface area (Å²) >= 11 is 5.20. The van der Waals surface area contributed by atoms with E-state index >= 15 is 0 Å². The number of nitrogens with zero attached hydrogens (tertiary/aromatic N) is 2. The number of rotatable bonds is 6. The number of thiocarbonyl (C=S) groups is 1. The van der Waals surface area contributed by atoms with E-state index in [9.17, 15) is 14.9 Å². The molecule has 0 aliphatic carbocycles. The number of benzene rings is 2. The highest BCUT2D eigenvalue weighted by Gasteiger charge is 2.18. The van der Waals surface area contributed by atoms with E-state index in [0.29, 0.717) is 0 Å². The minimum atomic E-state index is -0.600. The van der Waals surface area contributed by atoms with Gasteiger partial charge in [-0.15, -0.1) is 0 Å². The lowest BCUT2D eigenvalue weighted by Crippen LogP contribution is -2.34. The number of nitro groups is 1. The molecule has 0 atom stereocenters. The second kappa shape index (κ2) is 10.1. The number of amides is 1. The van der Waals surface area contributed by atoms with Gasteiger partial charge in [-0.3, -0.25) is 25.1 Å². The topological polar surface area (TPSA) is 96.7 Å². The molecule has 9 heteroatoms. The van der Waals surface area contributed by atoms with E-state index in [0.717, 1.165) is 31.4 Å². The fraction of sp³-hybridized carbons (Fsp3) is 0.333. The van der Waals surface area contributed by atoms with Gasteiger partial charge in [0.2, 0.25) is 0 Å². The van der Waals surface area contributed by atoms with Crippen molar-refractivity contribution >= 4 is 34.6 Å². The summed E-state index contributed by atoms with van der Waals surface area (Å²) in [5.41, 5.74) is 1.81. The summed E-state index contributed by atoms with van der Waals surface area (Å²) in [6.45, 7) is 3.21. The molecule has 8 nitrogen and oxygen atoms in total. The maximum Gasteiger partial charge on any atom is 0.311 e. The van der Waals surface area contributed by atoms with Crippen LogP contribution in [0.4, 0.5) is 11.4 Å². The molecule has 2 aromatic rings. The summed E-state index contributed by atoms with van der Waals surface area (Å²) in [5, 5.41) is 16.7. The lowest BCUT2D eigenvalue weighted by Gasteiger charge is -2.26. The molecule has 0 saturated carbocycles. The van der Waals surface area contributed by atoms with E-state index in [4.69, 9.17) is 17.0 Å². The third-order valence-corrected chi connectivity index (χ3v) is 5.14. The molecule has 158 valence electrons. The number of piperidine rings is 1. The number of likely N-dealkylation sites (tertiary alicyclic amines) is 1. The van der Waals surface area contributed by atoms with Crippen LogP contribution < -0.4 is 15.4 Å². The van der Waals surface area contributed by atoms with Crippen molar-refractivity contribution < 1.29 is 14.5 Å². The minimum absolute atomic E-state index is 0.0851. The first-order valence-electron chi connectivity index (χ1n) is 9.72. The quantitative estimate of drug-likeness (QED) is 0.411. The molecule has 1 aliphatic rings. The average Bonchev–Trinajstić information content (AvgIpc) is 2.75. The van der Waals surface area contributed by atoms with Crippen LogP contribution in [-0.2, 0) is 6.54 Å². The van der Waals surface area contributed by atoms with Crippen molar-refractivity contribution in [1.82, 2.24) is 10.2 Å². The molecule has 1 amide bonds. The van der Waals surface area contributed by atoms with E-state index in [1.807, 2.05) is 24.3 Å². The molecular formula is C21H24N4O4S. The molecule has 1 heterocycles. The van der Waals surface area contributed by atoms with Crippen LogP contribution in [0, 0.1) is 10.1 Å². The van der Waals surface area contributed by atoms with Gasteiger partial charge in [-0.25, -0.2) is 0 Å². The number of hydrogen-bond acceptors (Lipinski definition) is 6. The summed E-state index contributed by atoms with van der Waals surface area (Å²) in [7, 11) is 1.33.